The number of aliphatic hydroxyl groups excluding tert-OH is 1. The summed E-state index contributed by atoms with van der Waals surface area (Å²) < 4.78 is 67.2. The first-order chi connectivity index (χ1) is 30.5. The van der Waals surface area contributed by atoms with Gasteiger partial charge in [0, 0.05) is 20.0 Å². The highest BCUT2D eigenvalue weighted by Crippen LogP contribution is 2.31. The van der Waals surface area contributed by atoms with Crippen LogP contribution in [0, 0.1) is 0 Å². The minimum Gasteiger partial charge on any atom is -0.462 e. The van der Waals surface area contributed by atoms with Crippen molar-refractivity contribution < 1.29 is 60.3 Å². The smallest absolute Gasteiger partial charge is 0.397 e. The van der Waals surface area contributed by atoms with E-state index in [0.29, 0.717) is 19.3 Å². The Balaban J connectivity index is 2.94. The van der Waals surface area contributed by atoms with Gasteiger partial charge in [-0.15, -0.1) is 0 Å². The topological polar surface area (TPSA) is 181 Å². The molecule has 0 aromatic rings. The standard InChI is InChI=1S/C49H92O13S/c1-5-8-11-14-17-20-22-25-28-31-34-37-43(51)58-41(36-33-30-27-24-19-16-13-10-7-3)39-45(53)61-48-47(46(62-63(54,55)56)42(40-50)59-49(48)57-4)60-44(52)38-35-32-29-26-23-21-18-15-12-9-6-2/h41-42,46-50H,5-40H2,1-4H3,(H,54,55,56)/t41?,42-,46-,47+,48-,49+/m1/s1. The lowest BCUT2D eigenvalue weighted by Gasteiger charge is -2.43. The van der Waals surface area contributed by atoms with Crippen LogP contribution in [0.2, 0.25) is 0 Å². The van der Waals surface area contributed by atoms with Crippen molar-refractivity contribution in [3.8, 4) is 0 Å². The molecule has 0 saturated carbocycles. The van der Waals surface area contributed by atoms with Crippen molar-refractivity contribution in [1.29, 1.82) is 0 Å². The molecule has 0 bridgehead atoms. The molecular weight excluding hydrogens is 829 g/mol. The lowest BCUT2D eigenvalue weighted by molar-refractivity contribution is -0.297. The molecule has 1 saturated heterocycles. The number of esters is 3. The van der Waals surface area contributed by atoms with Crippen LogP contribution in [0.15, 0.2) is 0 Å². The highest BCUT2D eigenvalue weighted by Gasteiger charge is 2.53. The van der Waals surface area contributed by atoms with Crippen molar-refractivity contribution in [2.75, 3.05) is 13.7 Å². The number of unbranched alkanes of at least 4 members (excludes halogenated alkanes) is 28. The van der Waals surface area contributed by atoms with E-state index in [1.54, 1.807) is 0 Å². The van der Waals surface area contributed by atoms with Crippen LogP contribution in [0.3, 0.4) is 0 Å². The summed E-state index contributed by atoms with van der Waals surface area (Å²) in [5.41, 5.74) is 0. The molecule has 6 atom stereocenters. The van der Waals surface area contributed by atoms with Gasteiger partial charge in [0.15, 0.2) is 18.5 Å². The maximum absolute atomic E-state index is 13.7. The van der Waals surface area contributed by atoms with E-state index in [2.05, 4.69) is 20.8 Å². The van der Waals surface area contributed by atoms with Gasteiger partial charge >= 0.3 is 28.3 Å². The summed E-state index contributed by atoms with van der Waals surface area (Å²) in [6.45, 7) is 5.84. The van der Waals surface area contributed by atoms with E-state index in [4.69, 9.17) is 27.9 Å². The van der Waals surface area contributed by atoms with Gasteiger partial charge in [0.25, 0.3) is 0 Å². The van der Waals surface area contributed by atoms with Gasteiger partial charge in [0.1, 0.15) is 18.3 Å². The van der Waals surface area contributed by atoms with E-state index in [1.807, 2.05) is 0 Å². The minimum atomic E-state index is -5.15. The van der Waals surface area contributed by atoms with Crippen molar-refractivity contribution in [3.05, 3.63) is 0 Å². The molecule has 0 aromatic carbocycles. The van der Waals surface area contributed by atoms with Gasteiger partial charge < -0.3 is 28.8 Å². The maximum Gasteiger partial charge on any atom is 0.397 e. The molecule has 1 aliphatic heterocycles. The quantitative estimate of drug-likeness (QED) is 0.0255. The number of rotatable bonds is 43. The van der Waals surface area contributed by atoms with Gasteiger partial charge in [-0.2, -0.15) is 8.42 Å². The highest BCUT2D eigenvalue weighted by molar-refractivity contribution is 7.80. The molecule has 1 rings (SSSR count). The number of aliphatic hydroxyl groups is 1. The molecule has 0 spiro atoms. The highest BCUT2D eigenvalue weighted by atomic mass is 32.3. The molecule has 1 aliphatic rings. The molecule has 14 heteroatoms. The van der Waals surface area contributed by atoms with E-state index < -0.39 is 65.8 Å². The van der Waals surface area contributed by atoms with Crippen molar-refractivity contribution in [1.82, 2.24) is 0 Å². The lowest BCUT2D eigenvalue weighted by Crippen LogP contribution is -2.62. The van der Waals surface area contributed by atoms with Crippen molar-refractivity contribution in [2.24, 2.45) is 0 Å². The van der Waals surface area contributed by atoms with E-state index >= 15 is 0 Å². The lowest BCUT2D eigenvalue weighted by atomic mass is 9.98. The Hall–Kier alpha value is -1.84. The summed E-state index contributed by atoms with van der Waals surface area (Å²) in [4.78, 5) is 40.1. The Morgan fingerprint density at radius 3 is 1.30 bits per heavy atom. The largest absolute Gasteiger partial charge is 0.462 e. The monoisotopic (exact) mass is 921 g/mol. The number of hydrogen-bond donors (Lipinski definition) is 2. The molecule has 1 unspecified atom stereocenters. The molecule has 13 nitrogen and oxygen atoms in total. The van der Waals surface area contributed by atoms with Crippen molar-refractivity contribution in [2.45, 2.75) is 282 Å². The molecule has 372 valence electrons. The fourth-order valence-electron chi connectivity index (χ4n) is 8.32. The second-order valence-electron chi connectivity index (χ2n) is 17.9. The number of ether oxygens (including phenoxy) is 5. The van der Waals surface area contributed by atoms with Crippen molar-refractivity contribution >= 4 is 28.3 Å². The fraction of sp³-hybridized carbons (Fsp3) is 0.939. The molecule has 0 radical (unpaired) electrons. The van der Waals surface area contributed by atoms with Gasteiger partial charge in [-0.3, -0.25) is 18.9 Å². The average molecular weight is 921 g/mol. The van der Waals surface area contributed by atoms with Crippen LogP contribution in [0.25, 0.3) is 0 Å². The third kappa shape index (κ3) is 31.7. The zero-order chi connectivity index (χ0) is 46.4. The summed E-state index contributed by atoms with van der Waals surface area (Å²) in [7, 11) is -3.89. The van der Waals surface area contributed by atoms with Crippen molar-refractivity contribution in [3.63, 3.8) is 0 Å². The maximum atomic E-state index is 13.7. The summed E-state index contributed by atoms with van der Waals surface area (Å²) >= 11 is 0. The molecule has 1 heterocycles. The first-order valence-electron chi connectivity index (χ1n) is 25.5. The van der Waals surface area contributed by atoms with Crippen LogP contribution in [-0.2, 0) is 52.7 Å². The van der Waals surface area contributed by atoms with Crippen LogP contribution in [0.1, 0.15) is 245 Å². The molecule has 63 heavy (non-hydrogen) atoms. The minimum absolute atomic E-state index is 0.00493. The Labute approximate surface area is 383 Å². The third-order valence-corrected chi connectivity index (χ3v) is 12.5. The molecule has 0 aliphatic carbocycles. The summed E-state index contributed by atoms with van der Waals surface area (Å²) in [5, 5.41) is 10.1. The molecule has 2 N–H and O–H groups in total. The number of hydrogen-bond acceptors (Lipinski definition) is 12. The summed E-state index contributed by atoms with van der Waals surface area (Å²) in [6.07, 6.45) is 26.5. The van der Waals surface area contributed by atoms with Crippen LogP contribution >= 0.6 is 0 Å². The second-order valence-corrected chi connectivity index (χ2v) is 18.9. The Bertz CT molecular complexity index is 1230. The molecule has 0 amide bonds. The zero-order valence-corrected chi connectivity index (χ0v) is 41.0. The van der Waals surface area contributed by atoms with Crippen LogP contribution in [0.5, 0.6) is 0 Å². The van der Waals surface area contributed by atoms with Gasteiger partial charge in [-0.1, -0.05) is 201 Å². The zero-order valence-electron chi connectivity index (χ0n) is 40.2. The summed E-state index contributed by atoms with van der Waals surface area (Å²) in [6, 6.07) is 0. The number of methoxy groups -OCH3 is 1. The molecule has 0 aromatic heterocycles. The fourth-order valence-corrected chi connectivity index (χ4v) is 8.84. The Morgan fingerprint density at radius 1 is 0.524 bits per heavy atom. The average Bonchev–Trinajstić information content (AvgIpc) is 3.24. The second kappa shape index (κ2) is 39.3. The van der Waals surface area contributed by atoms with Gasteiger partial charge in [0.05, 0.1) is 13.0 Å². The molecular formula is C49H92O13S. The SMILES string of the molecule is CCCCCCCCCCCCCC(=O)OC(CCCCCCCCCCC)CC(=O)O[C@H]1[C@@H](OC)O[C@H](CO)[C@@H](OS(=O)(=O)O)[C@@H]1OC(=O)CCCCCCCCCCCCC. The summed E-state index contributed by atoms with van der Waals surface area (Å²) in [5.74, 6) is -1.89. The Kier molecular flexibility index (Phi) is 37.0. The number of carbonyl (C=O) groups excluding carboxylic acids is 3. The van der Waals surface area contributed by atoms with E-state index in [1.165, 1.54) is 123 Å². The van der Waals surface area contributed by atoms with Crippen LogP contribution in [0.4, 0.5) is 0 Å². The van der Waals surface area contributed by atoms with E-state index in [0.717, 1.165) is 70.6 Å². The Morgan fingerprint density at radius 2 is 0.905 bits per heavy atom. The van der Waals surface area contributed by atoms with E-state index in [9.17, 15) is 32.5 Å². The van der Waals surface area contributed by atoms with Crippen LogP contribution in [-0.4, -0.2) is 86.5 Å². The van der Waals surface area contributed by atoms with Gasteiger partial charge in [0.2, 0.25) is 0 Å². The third-order valence-electron chi connectivity index (χ3n) is 12.1. The van der Waals surface area contributed by atoms with Crippen LogP contribution < -0.4 is 0 Å². The van der Waals surface area contributed by atoms with E-state index in [-0.39, 0.29) is 25.2 Å². The predicted molar refractivity (Wildman–Crippen MR) is 247 cm³/mol. The normalized spacial score (nSPS) is 19.5. The predicted octanol–water partition coefficient (Wildman–Crippen LogP) is 12.0. The first-order valence-corrected chi connectivity index (χ1v) is 26.9. The first kappa shape index (κ1) is 59.2. The molecule has 1 fully saturated rings. The van der Waals surface area contributed by atoms with Gasteiger partial charge in [-0.05, 0) is 25.7 Å². The van der Waals surface area contributed by atoms with Gasteiger partial charge in [-0.25, -0.2) is 4.18 Å². The number of carbonyl (C=O) groups is 3.